The molecular formula is C34H48O3. The van der Waals surface area contributed by atoms with Crippen LogP contribution >= 0.6 is 0 Å². The molecule has 1 fully saturated rings. The second kappa shape index (κ2) is 17.1. The lowest BCUT2D eigenvalue weighted by atomic mass is 9.78. The largest absolute Gasteiger partial charge is 0.494 e. The summed E-state index contributed by atoms with van der Waals surface area (Å²) in [4.78, 5) is 12.6. The number of hydrogen-bond donors (Lipinski definition) is 0. The predicted molar refractivity (Wildman–Crippen MR) is 155 cm³/mol. The Balaban J connectivity index is 1.31. The maximum Gasteiger partial charge on any atom is 0.343 e. The minimum Gasteiger partial charge on any atom is -0.494 e. The number of benzene rings is 2. The Kier molecular flexibility index (Phi) is 13.4. The summed E-state index contributed by atoms with van der Waals surface area (Å²) in [6.45, 7) is 6.78. The number of carbonyl (C=O) groups is 1. The highest BCUT2D eigenvalue weighted by Crippen LogP contribution is 2.34. The van der Waals surface area contributed by atoms with Crippen LogP contribution in [0.2, 0.25) is 0 Å². The smallest absolute Gasteiger partial charge is 0.343 e. The first kappa shape index (κ1) is 29.0. The van der Waals surface area contributed by atoms with Crippen LogP contribution in [-0.4, -0.2) is 12.6 Å². The Bertz CT molecular complexity index is 892. The molecule has 0 heterocycles. The van der Waals surface area contributed by atoms with E-state index in [2.05, 4.69) is 25.6 Å². The number of rotatable bonds is 17. The van der Waals surface area contributed by atoms with Gasteiger partial charge in [-0.05, 0) is 85.9 Å². The SMILES string of the molecule is C=CCCCCCCCCOc1ccc(C(=O)Oc2ccc(CCC3CCC(CCC)CC3)cc2)cc1. The lowest BCUT2D eigenvalue weighted by Crippen LogP contribution is -2.15. The number of unbranched alkanes of at least 4 members (excludes halogenated alkanes) is 6. The summed E-state index contributed by atoms with van der Waals surface area (Å²) in [5, 5.41) is 0. The van der Waals surface area contributed by atoms with E-state index in [0.717, 1.165) is 36.8 Å². The van der Waals surface area contributed by atoms with E-state index < -0.39 is 0 Å². The van der Waals surface area contributed by atoms with Crippen molar-refractivity contribution >= 4 is 5.97 Å². The van der Waals surface area contributed by atoms with Gasteiger partial charge in [0.15, 0.2) is 0 Å². The summed E-state index contributed by atoms with van der Waals surface area (Å²) in [6, 6.07) is 15.3. The summed E-state index contributed by atoms with van der Waals surface area (Å²) in [5.41, 5.74) is 1.86. The fourth-order valence-corrected chi connectivity index (χ4v) is 5.45. The van der Waals surface area contributed by atoms with Crippen molar-refractivity contribution in [2.75, 3.05) is 6.61 Å². The topological polar surface area (TPSA) is 35.5 Å². The molecule has 0 unspecified atom stereocenters. The fourth-order valence-electron chi connectivity index (χ4n) is 5.45. The molecule has 0 N–H and O–H groups in total. The third-order valence-electron chi connectivity index (χ3n) is 7.80. The molecule has 0 spiro atoms. The number of esters is 1. The summed E-state index contributed by atoms with van der Waals surface area (Å²) < 4.78 is 11.4. The molecule has 2 aromatic carbocycles. The van der Waals surface area contributed by atoms with Crippen molar-refractivity contribution in [3.05, 3.63) is 72.3 Å². The standard InChI is InChI=1S/C34H48O3/c1-3-5-6-7-8-9-10-11-27-36-32-25-21-31(22-26-32)34(35)37-33-23-19-30(20-24-33)18-17-29-15-13-28(12-4-2)14-16-29/h3,19-26,28-29H,1,4-18,27H2,2H3. The molecular weight excluding hydrogens is 456 g/mol. The van der Waals surface area contributed by atoms with Crippen LogP contribution in [0.25, 0.3) is 0 Å². The van der Waals surface area contributed by atoms with Crippen molar-refractivity contribution in [3.63, 3.8) is 0 Å². The van der Waals surface area contributed by atoms with Crippen LogP contribution < -0.4 is 9.47 Å². The van der Waals surface area contributed by atoms with Crippen LogP contribution in [-0.2, 0) is 6.42 Å². The first-order valence-corrected chi connectivity index (χ1v) is 14.8. The van der Waals surface area contributed by atoms with Crippen molar-refractivity contribution in [3.8, 4) is 11.5 Å². The molecule has 202 valence electrons. The Labute approximate surface area is 225 Å². The van der Waals surface area contributed by atoms with Gasteiger partial charge in [0, 0.05) is 0 Å². The molecule has 3 rings (SSSR count). The van der Waals surface area contributed by atoms with Crippen molar-refractivity contribution < 1.29 is 14.3 Å². The summed E-state index contributed by atoms with van der Waals surface area (Å²) in [7, 11) is 0. The second-order valence-electron chi connectivity index (χ2n) is 10.8. The van der Waals surface area contributed by atoms with Gasteiger partial charge >= 0.3 is 5.97 Å². The molecule has 2 aromatic rings. The molecule has 1 aliphatic rings. The second-order valence-corrected chi connectivity index (χ2v) is 10.8. The lowest BCUT2D eigenvalue weighted by molar-refractivity contribution is 0.0734. The van der Waals surface area contributed by atoms with E-state index in [1.807, 2.05) is 30.3 Å². The zero-order valence-corrected chi connectivity index (χ0v) is 23.1. The van der Waals surface area contributed by atoms with E-state index in [9.17, 15) is 4.79 Å². The van der Waals surface area contributed by atoms with Crippen LogP contribution in [0.4, 0.5) is 0 Å². The molecule has 1 aliphatic carbocycles. The van der Waals surface area contributed by atoms with Gasteiger partial charge in [-0.25, -0.2) is 4.79 Å². The van der Waals surface area contributed by atoms with E-state index in [1.165, 1.54) is 82.6 Å². The van der Waals surface area contributed by atoms with Crippen LogP contribution in [0, 0.1) is 11.8 Å². The van der Waals surface area contributed by atoms with Gasteiger partial charge in [0.2, 0.25) is 0 Å². The molecule has 37 heavy (non-hydrogen) atoms. The molecule has 3 heteroatoms. The van der Waals surface area contributed by atoms with Crippen LogP contribution in [0.5, 0.6) is 11.5 Å². The third-order valence-corrected chi connectivity index (χ3v) is 7.80. The van der Waals surface area contributed by atoms with Crippen molar-refractivity contribution in [1.82, 2.24) is 0 Å². The van der Waals surface area contributed by atoms with Gasteiger partial charge in [-0.15, -0.1) is 6.58 Å². The van der Waals surface area contributed by atoms with Gasteiger partial charge in [0.25, 0.3) is 0 Å². The number of allylic oxidation sites excluding steroid dienone is 1. The molecule has 0 radical (unpaired) electrons. The van der Waals surface area contributed by atoms with Gasteiger partial charge in [-0.3, -0.25) is 0 Å². The number of aryl methyl sites for hydroxylation is 1. The quantitative estimate of drug-likeness (QED) is 0.0930. The molecule has 0 aliphatic heterocycles. The first-order chi connectivity index (χ1) is 18.2. The van der Waals surface area contributed by atoms with Crippen LogP contribution in [0.15, 0.2) is 61.2 Å². The van der Waals surface area contributed by atoms with Crippen LogP contribution in [0.1, 0.15) is 113 Å². The molecule has 0 bridgehead atoms. The molecule has 0 amide bonds. The van der Waals surface area contributed by atoms with Crippen LogP contribution in [0.3, 0.4) is 0 Å². The molecule has 1 saturated carbocycles. The maximum atomic E-state index is 12.6. The highest BCUT2D eigenvalue weighted by molar-refractivity contribution is 5.91. The van der Waals surface area contributed by atoms with Gasteiger partial charge in [0.05, 0.1) is 12.2 Å². The molecule has 0 atom stereocenters. The average molecular weight is 505 g/mol. The Morgan fingerprint density at radius 2 is 1.41 bits per heavy atom. The van der Waals surface area contributed by atoms with Crippen molar-refractivity contribution in [2.24, 2.45) is 11.8 Å². The van der Waals surface area contributed by atoms with E-state index in [0.29, 0.717) is 17.9 Å². The Morgan fingerprint density at radius 3 is 2.05 bits per heavy atom. The number of ether oxygens (including phenoxy) is 2. The summed E-state index contributed by atoms with van der Waals surface area (Å²) >= 11 is 0. The number of hydrogen-bond acceptors (Lipinski definition) is 3. The maximum absolute atomic E-state index is 12.6. The van der Waals surface area contributed by atoms with E-state index >= 15 is 0 Å². The first-order valence-electron chi connectivity index (χ1n) is 14.8. The number of carbonyl (C=O) groups excluding carboxylic acids is 1. The average Bonchev–Trinajstić information content (AvgIpc) is 2.93. The molecule has 0 aromatic heterocycles. The highest BCUT2D eigenvalue weighted by Gasteiger charge is 2.20. The Morgan fingerprint density at radius 1 is 0.811 bits per heavy atom. The summed E-state index contributed by atoms with van der Waals surface area (Å²) in [5.74, 6) is 2.90. The minimum absolute atomic E-state index is 0.334. The molecule has 0 saturated heterocycles. The monoisotopic (exact) mass is 504 g/mol. The Hall–Kier alpha value is -2.55. The van der Waals surface area contributed by atoms with Gasteiger partial charge in [-0.1, -0.05) is 89.3 Å². The zero-order chi connectivity index (χ0) is 26.1. The lowest BCUT2D eigenvalue weighted by Gasteiger charge is -2.28. The van der Waals surface area contributed by atoms with Crippen molar-refractivity contribution in [2.45, 2.75) is 103 Å². The highest BCUT2D eigenvalue weighted by atomic mass is 16.5. The van der Waals surface area contributed by atoms with E-state index in [1.54, 1.807) is 12.1 Å². The van der Waals surface area contributed by atoms with Gasteiger partial charge in [-0.2, -0.15) is 0 Å². The predicted octanol–water partition coefficient (Wildman–Crippen LogP) is 9.74. The van der Waals surface area contributed by atoms with E-state index in [-0.39, 0.29) is 5.97 Å². The minimum atomic E-state index is -0.334. The third kappa shape index (κ3) is 11.2. The van der Waals surface area contributed by atoms with Gasteiger partial charge < -0.3 is 9.47 Å². The van der Waals surface area contributed by atoms with Crippen molar-refractivity contribution in [1.29, 1.82) is 0 Å². The van der Waals surface area contributed by atoms with E-state index in [4.69, 9.17) is 9.47 Å². The normalized spacial score (nSPS) is 17.3. The van der Waals surface area contributed by atoms with Gasteiger partial charge in [0.1, 0.15) is 11.5 Å². The zero-order valence-electron chi connectivity index (χ0n) is 23.1. The molecule has 3 nitrogen and oxygen atoms in total. The fraction of sp³-hybridized carbons (Fsp3) is 0.559. The summed E-state index contributed by atoms with van der Waals surface area (Å²) in [6.07, 6.45) is 21.2.